The fourth-order valence-corrected chi connectivity index (χ4v) is 10.0. The number of fused-ring (bicyclic) bond motifs is 6. The molecule has 63 heavy (non-hydrogen) atoms. The molecule has 2 aromatic heterocycles. The molecule has 292 valence electrons. The van der Waals surface area contributed by atoms with Gasteiger partial charge in [-0.2, -0.15) is 0 Å². The zero-order chi connectivity index (χ0) is 41.4. The van der Waals surface area contributed by atoms with Crippen LogP contribution in [-0.4, -0.2) is 19.5 Å². The van der Waals surface area contributed by atoms with E-state index in [1.807, 2.05) is 36.4 Å². The molecule has 0 N–H and O–H groups in total. The highest BCUT2D eigenvalue weighted by molar-refractivity contribution is 6.40. The Morgan fingerprint density at radius 1 is 0.270 bits per heavy atom. The van der Waals surface area contributed by atoms with Gasteiger partial charge in [-0.3, -0.25) is 0 Å². The molecule has 0 aliphatic heterocycles. The Balaban J connectivity index is 1.08. The normalized spacial score (nSPS) is 11.8. The van der Waals surface area contributed by atoms with Crippen molar-refractivity contribution in [2.24, 2.45) is 0 Å². The molecule has 0 radical (unpaired) electrons. The molecule has 0 saturated heterocycles. The summed E-state index contributed by atoms with van der Waals surface area (Å²) in [4.78, 5) is 15.3. The lowest BCUT2D eigenvalue weighted by molar-refractivity contribution is 1.08. The summed E-state index contributed by atoms with van der Waals surface area (Å²) in [6.07, 6.45) is 0. The molecule has 2 heterocycles. The van der Waals surface area contributed by atoms with Crippen LogP contribution < -0.4 is 0 Å². The van der Waals surface area contributed by atoms with Gasteiger partial charge in [0.05, 0.1) is 11.0 Å². The average molecular weight is 801 g/mol. The minimum atomic E-state index is 0.644. The molecule has 0 spiro atoms. The Hall–Kier alpha value is -8.47. The third-order valence-corrected chi connectivity index (χ3v) is 12.8. The van der Waals surface area contributed by atoms with Crippen molar-refractivity contribution in [3.05, 3.63) is 218 Å². The van der Waals surface area contributed by atoms with E-state index in [2.05, 4.69) is 187 Å². The van der Waals surface area contributed by atoms with E-state index in [4.69, 9.17) is 15.0 Å². The fraction of sp³-hybridized carbons (Fsp3) is 0. The third-order valence-electron chi connectivity index (χ3n) is 12.8. The van der Waals surface area contributed by atoms with Gasteiger partial charge in [-0.15, -0.1) is 0 Å². The first-order chi connectivity index (χ1) is 31.3. The summed E-state index contributed by atoms with van der Waals surface area (Å²) in [5.74, 6) is 1.94. The van der Waals surface area contributed by atoms with E-state index in [0.29, 0.717) is 17.5 Å². The first kappa shape index (κ1) is 35.3. The van der Waals surface area contributed by atoms with Crippen LogP contribution in [0.3, 0.4) is 0 Å². The first-order valence-electron chi connectivity index (χ1n) is 21.4. The lowest BCUT2D eigenvalue weighted by Crippen LogP contribution is -2.00. The molecule has 0 aliphatic rings. The molecular weight excluding hydrogens is 765 g/mol. The zero-order valence-electron chi connectivity index (χ0n) is 34.1. The summed E-state index contributed by atoms with van der Waals surface area (Å²) in [6, 6.07) is 78.1. The Morgan fingerprint density at radius 3 is 1.35 bits per heavy atom. The first-order valence-corrected chi connectivity index (χ1v) is 21.4. The third kappa shape index (κ3) is 5.52. The van der Waals surface area contributed by atoms with E-state index >= 15 is 0 Å². The second kappa shape index (κ2) is 14.1. The highest BCUT2D eigenvalue weighted by Crippen LogP contribution is 2.50. The van der Waals surface area contributed by atoms with Crippen LogP contribution in [-0.2, 0) is 0 Å². The maximum atomic E-state index is 5.16. The van der Waals surface area contributed by atoms with Crippen LogP contribution in [0.15, 0.2) is 218 Å². The average Bonchev–Trinajstić information content (AvgIpc) is 3.71. The standard InChI is InChI=1S/C59H36N4/c1-4-16-37(17-5-1)38-30-32-42(33-31-38)63-51-28-14-26-48-53-43-23-11-10-22-41(43)36-50(54(53)49-27-15-29-52(63)56(49)55(48)51)46-34-35-47(45-25-13-12-24-44(45)46)59-61-57(39-18-6-2-7-19-39)60-58(62-59)40-20-8-3-9-21-40/h1-36H. The van der Waals surface area contributed by atoms with Crippen molar-refractivity contribution in [2.75, 3.05) is 0 Å². The van der Waals surface area contributed by atoms with Gasteiger partial charge in [0.15, 0.2) is 17.5 Å². The summed E-state index contributed by atoms with van der Waals surface area (Å²) in [5, 5.41) is 12.3. The molecule has 4 nitrogen and oxygen atoms in total. The van der Waals surface area contributed by atoms with Crippen molar-refractivity contribution in [2.45, 2.75) is 0 Å². The Bertz CT molecular complexity index is 3820. The number of hydrogen-bond acceptors (Lipinski definition) is 3. The summed E-state index contributed by atoms with van der Waals surface area (Å²) < 4.78 is 2.45. The number of nitrogens with zero attached hydrogens (tertiary/aromatic N) is 4. The number of aromatic nitrogens is 4. The smallest absolute Gasteiger partial charge is 0.164 e. The van der Waals surface area contributed by atoms with Gasteiger partial charge in [0.2, 0.25) is 0 Å². The lowest BCUT2D eigenvalue weighted by Gasteiger charge is -2.18. The maximum Gasteiger partial charge on any atom is 0.164 e. The van der Waals surface area contributed by atoms with Crippen LogP contribution in [0.2, 0.25) is 0 Å². The molecule has 0 bridgehead atoms. The molecule has 0 saturated carbocycles. The highest BCUT2D eigenvalue weighted by Gasteiger charge is 2.24. The molecule has 4 heteroatoms. The second-order valence-corrected chi connectivity index (χ2v) is 16.3. The van der Waals surface area contributed by atoms with Gasteiger partial charge in [0, 0.05) is 33.2 Å². The van der Waals surface area contributed by atoms with Crippen molar-refractivity contribution in [3.63, 3.8) is 0 Å². The summed E-state index contributed by atoms with van der Waals surface area (Å²) >= 11 is 0. The highest BCUT2D eigenvalue weighted by atomic mass is 15.0. The molecule has 13 aromatic rings. The van der Waals surface area contributed by atoms with E-state index in [9.17, 15) is 0 Å². The largest absolute Gasteiger partial charge is 0.309 e. The van der Waals surface area contributed by atoms with Crippen LogP contribution in [0.5, 0.6) is 0 Å². The van der Waals surface area contributed by atoms with Crippen LogP contribution >= 0.6 is 0 Å². The molecule has 11 aromatic carbocycles. The fourth-order valence-electron chi connectivity index (χ4n) is 10.0. The molecule has 0 unspecified atom stereocenters. The van der Waals surface area contributed by atoms with E-state index in [0.717, 1.165) is 33.2 Å². The van der Waals surface area contributed by atoms with Crippen LogP contribution in [0.1, 0.15) is 0 Å². The number of rotatable bonds is 6. The van der Waals surface area contributed by atoms with Crippen molar-refractivity contribution in [3.8, 4) is 62.1 Å². The maximum absolute atomic E-state index is 5.16. The Morgan fingerprint density at radius 2 is 0.730 bits per heavy atom. The Kier molecular flexibility index (Phi) is 7.87. The van der Waals surface area contributed by atoms with Gasteiger partial charge < -0.3 is 4.57 Å². The van der Waals surface area contributed by atoms with Crippen LogP contribution in [0.25, 0.3) is 127 Å². The molecular formula is C59H36N4. The topological polar surface area (TPSA) is 43.6 Å². The van der Waals surface area contributed by atoms with Gasteiger partial charge in [0.1, 0.15) is 0 Å². The summed E-state index contributed by atoms with van der Waals surface area (Å²) in [6.45, 7) is 0. The quantitative estimate of drug-likeness (QED) is 0.157. The van der Waals surface area contributed by atoms with Crippen molar-refractivity contribution in [1.82, 2.24) is 19.5 Å². The number of benzene rings is 11. The predicted molar refractivity (Wildman–Crippen MR) is 263 cm³/mol. The van der Waals surface area contributed by atoms with Crippen LogP contribution in [0, 0.1) is 0 Å². The monoisotopic (exact) mass is 800 g/mol. The molecule has 0 aliphatic carbocycles. The molecule has 0 amide bonds. The van der Waals surface area contributed by atoms with Gasteiger partial charge >= 0.3 is 0 Å². The lowest BCUT2D eigenvalue weighted by atomic mass is 9.85. The predicted octanol–water partition coefficient (Wildman–Crippen LogP) is 15.4. The van der Waals surface area contributed by atoms with E-state index < -0.39 is 0 Å². The number of hydrogen-bond donors (Lipinski definition) is 0. The summed E-state index contributed by atoms with van der Waals surface area (Å²) in [7, 11) is 0. The molecule has 0 fully saturated rings. The van der Waals surface area contributed by atoms with Gasteiger partial charge in [-0.05, 0) is 102 Å². The van der Waals surface area contributed by atoms with Crippen molar-refractivity contribution < 1.29 is 0 Å². The van der Waals surface area contributed by atoms with Crippen molar-refractivity contribution in [1.29, 1.82) is 0 Å². The zero-order valence-corrected chi connectivity index (χ0v) is 34.1. The van der Waals surface area contributed by atoms with Gasteiger partial charge in [0.25, 0.3) is 0 Å². The van der Waals surface area contributed by atoms with E-state index in [-0.39, 0.29) is 0 Å². The van der Waals surface area contributed by atoms with Crippen LogP contribution in [0.4, 0.5) is 0 Å². The van der Waals surface area contributed by atoms with Crippen molar-refractivity contribution >= 4 is 64.9 Å². The van der Waals surface area contributed by atoms with Gasteiger partial charge in [-0.1, -0.05) is 182 Å². The second-order valence-electron chi connectivity index (χ2n) is 16.3. The molecule has 0 atom stereocenters. The molecule has 13 rings (SSSR count). The Labute approximate surface area is 363 Å². The van der Waals surface area contributed by atoms with Gasteiger partial charge in [-0.25, -0.2) is 15.0 Å². The summed E-state index contributed by atoms with van der Waals surface area (Å²) in [5.41, 5.74) is 11.2. The van der Waals surface area contributed by atoms with E-state index in [1.165, 1.54) is 76.4 Å². The SMILES string of the molecule is c1ccc(-c2ccc(-n3c4cccc5c6c(-c7ccc(-c8nc(-c9ccccc9)nc(-c9ccccc9)n8)c8ccccc78)cc7ccccc7c6c6cccc3c6c54)cc2)cc1. The van der Waals surface area contributed by atoms with E-state index in [1.54, 1.807) is 0 Å². The minimum absolute atomic E-state index is 0.644. The minimum Gasteiger partial charge on any atom is -0.309 e.